The zero-order valence-electron chi connectivity index (χ0n) is 11.8. The largest absolute Gasteiger partial charge is 0.370 e. The number of nitrogens with one attached hydrogen (secondary N) is 1. The van der Waals surface area contributed by atoms with E-state index in [-0.39, 0.29) is 0 Å². The van der Waals surface area contributed by atoms with Crippen molar-refractivity contribution in [1.82, 2.24) is 5.32 Å². The van der Waals surface area contributed by atoms with Crippen LogP contribution >= 0.6 is 11.8 Å². The summed E-state index contributed by atoms with van der Waals surface area (Å²) in [5.74, 6) is 0. The lowest BCUT2D eigenvalue weighted by Gasteiger charge is -2.34. The minimum Gasteiger partial charge on any atom is -0.370 e. The SMILES string of the molecule is CSc1cccc(N2CCCNC3(CCCC3)C2)c1. The summed E-state index contributed by atoms with van der Waals surface area (Å²) in [5, 5.41) is 3.84. The quantitative estimate of drug-likeness (QED) is 0.832. The van der Waals surface area contributed by atoms with Gasteiger partial charge < -0.3 is 10.2 Å². The molecule has 1 heterocycles. The van der Waals surface area contributed by atoms with Gasteiger partial charge in [0.05, 0.1) is 0 Å². The second-order valence-electron chi connectivity index (χ2n) is 5.89. The van der Waals surface area contributed by atoms with E-state index in [0.717, 1.165) is 0 Å². The Labute approximate surface area is 121 Å². The van der Waals surface area contributed by atoms with Gasteiger partial charge in [0.2, 0.25) is 0 Å². The lowest BCUT2D eigenvalue weighted by Crippen LogP contribution is -2.49. The van der Waals surface area contributed by atoms with Crippen LogP contribution in [0.15, 0.2) is 29.2 Å². The zero-order valence-corrected chi connectivity index (χ0v) is 12.6. The van der Waals surface area contributed by atoms with Crippen molar-refractivity contribution in [3.63, 3.8) is 0 Å². The van der Waals surface area contributed by atoms with Gasteiger partial charge in [0.1, 0.15) is 0 Å². The molecule has 1 aromatic carbocycles. The maximum atomic E-state index is 3.84. The summed E-state index contributed by atoms with van der Waals surface area (Å²) in [6, 6.07) is 9.02. The van der Waals surface area contributed by atoms with Gasteiger partial charge in [0.15, 0.2) is 0 Å². The van der Waals surface area contributed by atoms with Gasteiger partial charge >= 0.3 is 0 Å². The molecule has 2 nitrogen and oxygen atoms in total. The molecule has 0 amide bonds. The lowest BCUT2D eigenvalue weighted by molar-refractivity contribution is 0.354. The van der Waals surface area contributed by atoms with Crippen LogP contribution in [0.3, 0.4) is 0 Å². The van der Waals surface area contributed by atoms with E-state index in [1.54, 1.807) is 0 Å². The number of thioether (sulfide) groups is 1. The number of rotatable bonds is 2. The Balaban J connectivity index is 1.81. The predicted molar refractivity (Wildman–Crippen MR) is 84.3 cm³/mol. The molecule has 1 saturated carbocycles. The highest BCUT2D eigenvalue weighted by molar-refractivity contribution is 7.98. The van der Waals surface area contributed by atoms with E-state index in [4.69, 9.17) is 0 Å². The van der Waals surface area contributed by atoms with Crippen LogP contribution in [0, 0.1) is 0 Å². The van der Waals surface area contributed by atoms with Crippen LogP contribution < -0.4 is 10.2 Å². The van der Waals surface area contributed by atoms with Gasteiger partial charge in [-0.2, -0.15) is 0 Å². The average Bonchev–Trinajstić information content (AvgIpc) is 2.79. The van der Waals surface area contributed by atoms with Crippen LogP contribution in [0.2, 0.25) is 0 Å². The van der Waals surface area contributed by atoms with Gasteiger partial charge in [-0.05, 0) is 50.3 Å². The molecular formula is C16H24N2S. The van der Waals surface area contributed by atoms with E-state index in [1.165, 1.54) is 62.3 Å². The molecule has 1 aliphatic heterocycles. The molecule has 3 rings (SSSR count). The zero-order chi connectivity index (χ0) is 13.1. The molecule has 0 bridgehead atoms. The molecule has 1 aromatic rings. The summed E-state index contributed by atoms with van der Waals surface area (Å²) in [6.07, 6.45) is 8.90. The Hall–Kier alpha value is -0.670. The Kier molecular flexibility index (Phi) is 4.04. The van der Waals surface area contributed by atoms with E-state index in [9.17, 15) is 0 Å². The van der Waals surface area contributed by atoms with E-state index in [2.05, 4.69) is 40.7 Å². The van der Waals surface area contributed by atoms with Gasteiger partial charge in [0.25, 0.3) is 0 Å². The molecule has 0 aromatic heterocycles. The van der Waals surface area contributed by atoms with Crippen molar-refractivity contribution < 1.29 is 0 Å². The molecular weight excluding hydrogens is 252 g/mol. The third-order valence-corrected chi connectivity index (χ3v) is 5.30. The van der Waals surface area contributed by atoms with Crippen molar-refractivity contribution in [2.45, 2.75) is 42.5 Å². The van der Waals surface area contributed by atoms with Crippen molar-refractivity contribution in [3.05, 3.63) is 24.3 Å². The highest BCUT2D eigenvalue weighted by Crippen LogP contribution is 2.33. The number of hydrogen-bond acceptors (Lipinski definition) is 3. The fourth-order valence-electron chi connectivity index (χ4n) is 3.54. The molecule has 19 heavy (non-hydrogen) atoms. The lowest BCUT2D eigenvalue weighted by atomic mass is 9.97. The van der Waals surface area contributed by atoms with Gasteiger partial charge in [-0.3, -0.25) is 0 Å². The molecule has 1 saturated heterocycles. The summed E-state index contributed by atoms with van der Waals surface area (Å²) < 4.78 is 0. The number of benzene rings is 1. The van der Waals surface area contributed by atoms with E-state index >= 15 is 0 Å². The third-order valence-electron chi connectivity index (χ3n) is 4.58. The van der Waals surface area contributed by atoms with Gasteiger partial charge in [-0.15, -0.1) is 11.8 Å². The van der Waals surface area contributed by atoms with Crippen LogP contribution in [0.1, 0.15) is 32.1 Å². The van der Waals surface area contributed by atoms with Crippen molar-refractivity contribution in [3.8, 4) is 0 Å². The fourth-order valence-corrected chi connectivity index (χ4v) is 3.99. The summed E-state index contributed by atoms with van der Waals surface area (Å²) in [4.78, 5) is 3.97. The molecule has 1 N–H and O–H groups in total. The van der Waals surface area contributed by atoms with Crippen LogP contribution in [-0.2, 0) is 0 Å². The maximum Gasteiger partial charge on any atom is 0.0378 e. The van der Waals surface area contributed by atoms with E-state index in [1.807, 2.05) is 11.8 Å². The molecule has 1 aliphatic carbocycles. The molecule has 0 radical (unpaired) electrons. The number of anilines is 1. The second kappa shape index (κ2) is 5.76. The fraction of sp³-hybridized carbons (Fsp3) is 0.625. The molecule has 2 fully saturated rings. The molecule has 2 aliphatic rings. The van der Waals surface area contributed by atoms with Crippen LogP contribution in [0.5, 0.6) is 0 Å². The van der Waals surface area contributed by atoms with Crippen LogP contribution in [0.25, 0.3) is 0 Å². The van der Waals surface area contributed by atoms with Gasteiger partial charge in [0, 0.05) is 29.2 Å². The molecule has 0 unspecified atom stereocenters. The first kappa shape index (κ1) is 13.3. The smallest absolute Gasteiger partial charge is 0.0378 e. The van der Waals surface area contributed by atoms with Crippen LogP contribution in [-0.4, -0.2) is 31.4 Å². The molecule has 0 atom stereocenters. The average molecular weight is 276 g/mol. The van der Waals surface area contributed by atoms with Gasteiger partial charge in [-0.1, -0.05) is 18.9 Å². The minimum atomic E-state index is 0.395. The van der Waals surface area contributed by atoms with Crippen molar-refractivity contribution >= 4 is 17.4 Å². The Morgan fingerprint density at radius 1 is 1.21 bits per heavy atom. The molecule has 104 valence electrons. The molecule has 1 spiro atoms. The Bertz CT molecular complexity index is 427. The van der Waals surface area contributed by atoms with Crippen LogP contribution in [0.4, 0.5) is 5.69 Å². The maximum absolute atomic E-state index is 3.84. The second-order valence-corrected chi connectivity index (χ2v) is 6.77. The highest BCUT2D eigenvalue weighted by Gasteiger charge is 2.36. The first-order valence-electron chi connectivity index (χ1n) is 7.45. The Morgan fingerprint density at radius 3 is 2.84 bits per heavy atom. The first-order valence-corrected chi connectivity index (χ1v) is 8.68. The first-order chi connectivity index (χ1) is 9.31. The Morgan fingerprint density at radius 2 is 2.05 bits per heavy atom. The monoisotopic (exact) mass is 276 g/mol. The summed E-state index contributed by atoms with van der Waals surface area (Å²) >= 11 is 1.83. The normalized spacial score (nSPS) is 22.7. The summed E-state index contributed by atoms with van der Waals surface area (Å²) in [7, 11) is 0. The van der Waals surface area contributed by atoms with Crippen molar-refractivity contribution in [1.29, 1.82) is 0 Å². The number of hydrogen-bond donors (Lipinski definition) is 1. The summed E-state index contributed by atoms with van der Waals surface area (Å²) in [5.41, 5.74) is 1.80. The highest BCUT2D eigenvalue weighted by atomic mass is 32.2. The van der Waals surface area contributed by atoms with E-state index in [0.29, 0.717) is 5.54 Å². The predicted octanol–water partition coefficient (Wildman–Crippen LogP) is 3.52. The summed E-state index contributed by atoms with van der Waals surface area (Å²) in [6.45, 7) is 3.55. The topological polar surface area (TPSA) is 15.3 Å². The minimum absolute atomic E-state index is 0.395. The standard InChI is InChI=1S/C16H24N2S/c1-19-15-7-4-6-14(12-15)18-11-5-10-17-16(13-18)8-2-3-9-16/h4,6-7,12,17H,2-3,5,8-11,13H2,1H3. The van der Waals surface area contributed by atoms with Crippen molar-refractivity contribution in [2.24, 2.45) is 0 Å². The van der Waals surface area contributed by atoms with Crippen molar-refractivity contribution in [2.75, 3.05) is 30.8 Å². The molecule has 3 heteroatoms. The third kappa shape index (κ3) is 2.92. The van der Waals surface area contributed by atoms with Gasteiger partial charge in [-0.25, -0.2) is 0 Å². The number of nitrogens with zero attached hydrogens (tertiary/aromatic N) is 1. The van der Waals surface area contributed by atoms with E-state index < -0.39 is 0 Å².